The molecule has 1 aromatic carbocycles. The molecule has 150 valence electrons. The van der Waals surface area contributed by atoms with Crippen LogP contribution in [0.3, 0.4) is 0 Å². The molecular weight excluding hydrogens is 383 g/mol. The molecule has 0 spiro atoms. The number of anilines is 1. The van der Waals surface area contributed by atoms with Gasteiger partial charge >= 0.3 is 5.97 Å². The van der Waals surface area contributed by atoms with Crippen LogP contribution in [0, 0.1) is 5.82 Å². The first kappa shape index (κ1) is 20.3. The van der Waals surface area contributed by atoms with E-state index in [1.165, 1.54) is 12.1 Å². The Morgan fingerprint density at radius 1 is 1.32 bits per heavy atom. The number of benzene rings is 1. The molecule has 0 fully saturated rings. The minimum Gasteiger partial charge on any atom is -0.488 e. The highest BCUT2D eigenvalue weighted by Gasteiger charge is 2.23. The fourth-order valence-corrected chi connectivity index (χ4v) is 3.73. The molecule has 1 aliphatic rings. The molecular formula is C19H23FN4O3S. The molecule has 9 heteroatoms. The predicted octanol–water partition coefficient (Wildman–Crippen LogP) is 2.58. The van der Waals surface area contributed by atoms with Gasteiger partial charge in [-0.15, -0.1) is 11.8 Å². The maximum atomic E-state index is 13.8. The molecule has 0 aliphatic carbocycles. The maximum absolute atomic E-state index is 13.8. The van der Waals surface area contributed by atoms with E-state index >= 15 is 0 Å². The highest BCUT2D eigenvalue weighted by Crippen LogP contribution is 2.38. The van der Waals surface area contributed by atoms with E-state index in [2.05, 4.69) is 20.6 Å². The van der Waals surface area contributed by atoms with Gasteiger partial charge in [-0.2, -0.15) is 0 Å². The number of fused-ring (bicyclic) bond motifs is 1. The lowest BCUT2D eigenvalue weighted by molar-refractivity contribution is -0.133. The second kappa shape index (κ2) is 10.2. The van der Waals surface area contributed by atoms with Crippen molar-refractivity contribution < 1.29 is 19.0 Å². The van der Waals surface area contributed by atoms with Crippen molar-refractivity contribution in [3.63, 3.8) is 0 Å². The Bertz CT molecular complexity index is 794. The smallest absolute Gasteiger partial charge is 0.313 e. The third-order valence-corrected chi connectivity index (χ3v) is 5.22. The van der Waals surface area contributed by atoms with E-state index in [4.69, 9.17) is 9.84 Å². The fraction of sp³-hybridized carbons (Fsp3) is 0.421. The number of nitrogens with zero attached hydrogens (tertiary/aromatic N) is 2. The molecule has 1 aliphatic heterocycles. The van der Waals surface area contributed by atoms with E-state index in [-0.39, 0.29) is 17.7 Å². The summed E-state index contributed by atoms with van der Waals surface area (Å²) in [6.45, 7) is 2.26. The summed E-state index contributed by atoms with van der Waals surface area (Å²) in [4.78, 5) is 19.6. The molecule has 3 N–H and O–H groups in total. The number of aromatic nitrogens is 2. The van der Waals surface area contributed by atoms with Crippen LogP contribution >= 0.6 is 11.8 Å². The Kier molecular flexibility index (Phi) is 7.44. The zero-order chi connectivity index (χ0) is 19.8. The van der Waals surface area contributed by atoms with Gasteiger partial charge in [0, 0.05) is 25.5 Å². The Hall–Kier alpha value is -2.39. The molecule has 2 heterocycles. The van der Waals surface area contributed by atoms with Crippen molar-refractivity contribution in [1.82, 2.24) is 15.3 Å². The number of hydrogen-bond acceptors (Lipinski definition) is 7. The Labute approximate surface area is 167 Å². The average molecular weight is 406 g/mol. The number of ether oxygens (including phenoxy) is 1. The molecule has 1 unspecified atom stereocenters. The normalized spacial score (nSPS) is 15.5. The number of rotatable bonds is 10. The van der Waals surface area contributed by atoms with Crippen molar-refractivity contribution in [2.75, 3.05) is 30.7 Å². The van der Waals surface area contributed by atoms with Crippen molar-refractivity contribution in [3.8, 4) is 5.75 Å². The molecule has 3 rings (SSSR count). The van der Waals surface area contributed by atoms with Crippen molar-refractivity contribution in [2.24, 2.45) is 0 Å². The molecule has 0 saturated carbocycles. The number of halogens is 1. The first-order valence-electron chi connectivity index (χ1n) is 9.17. The number of hydrogen-bond donors (Lipinski definition) is 3. The second-order valence-corrected chi connectivity index (χ2v) is 7.43. The van der Waals surface area contributed by atoms with E-state index in [0.717, 1.165) is 43.3 Å². The summed E-state index contributed by atoms with van der Waals surface area (Å²) in [5, 5.41) is 15.4. The van der Waals surface area contributed by atoms with Crippen LogP contribution in [0.25, 0.3) is 0 Å². The number of nitrogens with one attached hydrogen (secondary N) is 2. The SMILES string of the molecule is O=C(O)CSc1cc(F)cc2c1OC(CNCCCNc1ncccn1)CC2. The summed E-state index contributed by atoms with van der Waals surface area (Å²) in [6, 6.07) is 4.59. The monoisotopic (exact) mass is 406 g/mol. The maximum Gasteiger partial charge on any atom is 0.313 e. The highest BCUT2D eigenvalue weighted by atomic mass is 32.2. The Morgan fingerprint density at radius 2 is 2.14 bits per heavy atom. The van der Waals surface area contributed by atoms with Gasteiger partial charge < -0.3 is 20.5 Å². The van der Waals surface area contributed by atoms with Gasteiger partial charge in [-0.3, -0.25) is 4.79 Å². The second-order valence-electron chi connectivity index (χ2n) is 6.41. The van der Waals surface area contributed by atoms with Crippen LogP contribution in [-0.4, -0.2) is 52.5 Å². The van der Waals surface area contributed by atoms with E-state index in [0.29, 0.717) is 29.6 Å². The van der Waals surface area contributed by atoms with Crippen molar-refractivity contribution in [2.45, 2.75) is 30.3 Å². The van der Waals surface area contributed by atoms with Crippen LogP contribution in [0.1, 0.15) is 18.4 Å². The van der Waals surface area contributed by atoms with Gasteiger partial charge in [-0.25, -0.2) is 14.4 Å². The first-order chi connectivity index (χ1) is 13.6. The molecule has 0 amide bonds. The molecule has 1 atom stereocenters. The van der Waals surface area contributed by atoms with Crippen molar-refractivity contribution in [1.29, 1.82) is 0 Å². The standard InChI is InChI=1S/C19H23FN4O3S/c20-14-9-13-3-4-15(27-18(13)16(10-14)28-12-17(25)26)11-21-5-1-6-22-19-23-7-2-8-24-19/h2,7-10,15,21H,1,3-6,11-12H2,(H,25,26)(H,22,23,24). The summed E-state index contributed by atoms with van der Waals surface area (Å²) in [5.74, 6) is -0.185. The average Bonchev–Trinajstić information content (AvgIpc) is 2.69. The van der Waals surface area contributed by atoms with Crippen LogP contribution in [0.5, 0.6) is 5.75 Å². The minimum absolute atomic E-state index is 0.0208. The summed E-state index contributed by atoms with van der Waals surface area (Å²) in [5.41, 5.74) is 0.802. The zero-order valence-electron chi connectivity index (χ0n) is 15.4. The molecule has 7 nitrogen and oxygen atoms in total. The highest BCUT2D eigenvalue weighted by molar-refractivity contribution is 8.00. The van der Waals surface area contributed by atoms with Gasteiger partial charge in [0.05, 0.1) is 10.6 Å². The van der Waals surface area contributed by atoms with Crippen LogP contribution in [-0.2, 0) is 11.2 Å². The van der Waals surface area contributed by atoms with E-state index in [1.54, 1.807) is 18.5 Å². The summed E-state index contributed by atoms with van der Waals surface area (Å²) in [6.07, 6.45) is 5.79. The van der Waals surface area contributed by atoms with Gasteiger partial charge in [-0.05, 0) is 49.6 Å². The largest absolute Gasteiger partial charge is 0.488 e. The van der Waals surface area contributed by atoms with Crippen LogP contribution in [0.2, 0.25) is 0 Å². The predicted molar refractivity (Wildman–Crippen MR) is 106 cm³/mol. The molecule has 28 heavy (non-hydrogen) atoms. The number of thioether (sulfide) groups is 1. The number of aryl methyl sites for hydroxylation is 1. The zero-order valence-corrected chi connectivity index (χ0v) is 16.2. The fourth-order valence-electron chi connectivity index (χ4n) is 2.94. The van der Waals surface area contributed by atoms with Gasteiger partial charge in [-0.1, -0.05) is 0 Å². The third-order valence-electron chi connectivity index (χ3n) is 4.22. The summed E-state index contributed by atoms with van der Waals surface area (Å²) >= 11 is 1.09. The lowest BCUT2D eigenvalue weighted by Crippen LogP contribution is -2.35. The van der Waals surface area contributed by atoms with Crippen LogP contribution < -0.4 is 15.4 Å². The van der Waals surface area contributed by atoms with Crippen LogP contribution in [0.4, 0.5) is 10.3 Å². The van der Waals surface area contributed by atoms with Gasteiger partial charge in [0.15, 0.2) is 0 Å². The van der Waals surface area contributed by atoms with Gasteiger partial charge in [0.1, 0.15) is 17.7 Å². The number of carboxylic acids is 1. The quantitative estimate of drug-likeness (QED) is 0.409. The molecule has 0 bridgehead atoms. The third kappa shape index (κ3) is 6.07. The molecule has 0 radical (unpaired) electrons. The lowest BCUT2D eigenvalue weighted by Gasteiger charge is -2.28. The van der Waals surface area contributed by atoms with Crippen molar-refractivity contribution in [3.05, 3.63) is 42.0 Å². The number of carbonyl (C=O) groups is 1. The Morgan fingerprint density at radius 3 is 2.93 bits per heavy atom. The number of carboxylic acid groups (broad SMARTS) is 1. The van der Waals surface area contributed by atoms with Crippen molar-refractivity contribution >= 4 is 23.7 Å². The Balaban J connectivity index is 1.43. The first-order valence-corrected chi connectivity index (χ1v) is 10.2. The minimum atomic E-state index is -0.938. The topological polar surface area (TPSA) is 96.4 Å². The lowest BCUT2D eigenvalue weighted by atomic mass is 10.0. The summed E-state index contributed by atoms with van der Waals surface area (Å²) in [7, 11) is 0. The van der Waals surface area contributed by atoms with E-state index in [9.17, 15) is 9.18 Å². The summed E-state index contributed by atoms with van der Waals surface area (Å²) < 4.78 is 19.8. The number of aliphatic carboxylic acids is 1. The molecule has 2 aromatic rings. The van der Waals surface area contributed by atoms with Gasteiger partial charge in [0.25, 0.3) is 0 Å². The van der Waals surface area contributed by atoms with Gasteiger partial charge in [0.2, 0.25) is 5.95 Å². The molecule has 0 saturated heterocycles. The van der Waals surface area contributed by atoms with E-state index in [1.807, 2.05) is 0 Å². The van der Waals surface area contributed by atoms with Crippen LogP contribution in [0.15, 0.2) is 35.5 Å². The molecule has 1 aromatic heterocycles. The van der Waals surface area contributed by atoms with E-state index < -0.39 is 5.97 Å².